The highest BCUT2D eigenvalue weighted by molar-refractivity contribution is 5.48. The van der Waals surface area contributed by atoms with Gasteiger partial charge in [0, 0.05) is 39.4 Å². The van der Waals surface area contributed by atoms with Crippen molar-refractivity contribution in [2.45, 2.75) is 6.54 Å². The van der Waals surface area contributed by atoms with Crippen molar-refractivity contribution in [1.82, 2.24) is 30.0 Å². The zero-order valence-corrected chi connectivity index (χ0v) is 11.1. The molecule has 2 aromatic rings. The summed E-state index contributed by atoms with van der Waals surface area (Å²) < 4.78 is 2.03. The van der Waals surface area contributed by atoms with Crippen molar-refractivity contribution in [1.29, 1.82) is 0 Å². The lowest BCUT2D eigenvalue weighted by Crippen LogP contribution is -2.43. The quantitative estimate of drug-likeness (QED) is 0.857. The van der Waals surface area contributed by atoms with E-state index in [0.29, 0.717) is 0 Å². The van der Waals surface area contributed by atoms with Crippen LogP contribution in [0.5, 0.6) is 0 Å². The Labute approximate surface area is 112 Å². The van der Waals surface area contributed by atoms with Crippen LogP contribution in [0.2, 0.25) is 0 Å². The molecule has 3 rings (SSSR count). The molecule has 6 nitrogen and oxygen atoms in total. The number of hydrogen-bond acceptors (Lipinski definition) is 5. The van der Waals surface area contributed by atoms with Crippen molar-refractivity contribution in [2.24, 2.45) is 7.05 Å². The van der Waals surface area contributed by atoms with Crippen molar-refractivity contribution in [3.8, 4) is 11.5 Å². The van der Waals surface area contributed by atoms with Crippen LogP contribution in [0, 0.1) is 0 Å². The van der Waals surface area contributed by atoms with E-state index in [-0.39, 0.29) is 0 Å². The van der Waals surface area contributed by atoms with E-state index in [2.05, 4.69) is 25.4 Å². The lowest BCUT2D eigenvalue weighted by atomic mass is 10.3. The Morgan fingerprint density at radius 1 is 1.21 bits per heavy atom. The molecule has 2 aromatic heterocycles. The first-order valence-electron chi connectivity index (χ1n) is 6.57. The van der Waals surface area contributed by atoms with Crippen LogP contribution in [0.25, 0.3) is 11.5 Å². The van der Waals surface area contributed by atoms with E-state index < -0.39 is 0 Å². The summed E-state index contributed by atoms with van der Waals surface area (Å²) in [6, 6.07) is 5.83. The lowest BCUT2D eigenvalue weighted by molar-refractivity contribution is 0.226. The van der Waals surface area contributed by atoms with Gasteiger partial charge >= 0.3 is 0 Å². The fourth-order valence-electron chi connectivity index (χ4n) is 2.29. The summed E-state index contributed by atoms with van der Waals surface area (Å²) in [5, 5.41) is 11.9. The summed E-state index contributed by atoms with van der Waals surface area (Å²) in [6.07, 6.45) is 1.78. The lowest BCUT2D eigenvalue weighted by Gasteiger charge is -2.26. The van der Waals surface area contributed by atoms with Crippen molar-refractivity contribution in [3.63, 3.8) is 0 Å². The molecule has 3 heterocycles. The van der Waals surface area contributed by atoms with E-state index in [0.717, 1.165) is 50.1 Å². The molecule has 0 aliphatic carbocycles. The van der Waals surface area contributed by atoms with Gasteiger partial charge in [-0.15, -0.1) is 10.2 Å². The summed E-state index contributed by atoms with van der Waals surface area (Å²) in [5.74, 6) is 1.81. The molecule has 1 N–H and O–H groups in total. The van der Waals surface area contributed by atoms with Gasteiger partial charge in [-0.3, -0.25) is 9.88 Å². The second-order valence-corrected chi connectivity index (χ2v) is 4.74. The number of nitrogens with one attached hydrogen (secondary N) is 1. The third-order valence-electron chi connectivity index (χ3n) is 3.43. The minimum Gasteiger partial charge on any atom is -0.314 e. The van der Waals surface area contributed by atoms with Gasteiger partial charge in [0.2, 0.25) is 0 Å². The molecular weight excluding hydrogens is 240 g/mol. The Kier molecular flexibility index (Phi) is 3.52. The SMILES string of the molecule is Cn1c(CN2CCNCC2)nnc1-c1ccccn1. The Balaban J connectivity index is 1.79. The third-order valence-corrected chi connectivity index (χ3v) is 3.43. The molecule has 0 radical (unpaired) electrons. The zero-order chi connectivity index (χ0) is 13.1. The molecule has 6 heteroatoms. The number of piperazine rings is 1. The largest absolute Gasteiger partial charge is 0.314 e. The van der Waals surface area contributed by atoms with Gasteiger partial charge in [-0.1, -0.05) is 6.07 Å². The molecule has 1 aliphatic rings. The van der Waals surface area contributed by atoms with Crippen molar-refractivity contribution in [3.05, 3.63) is 30.2 Å². The van der Waals surface area contributed by atoms with E-state index in [1.165, 1.54) is 0 Å². The van der Waals surface area contributed by atoms with Crippen molar-refractivity contribution in [2.75, 3.05) is 26.2 Å². The Bertz CT molecular complexity index is 529. The average molecular weight is 258 g/mol. The van der Waals surface area contributed by atoms with Crippen LogP contribution in [0.4, 0.5) is 0 Å². The van der Waals surface area contributed by atoms with Crippen LogP contribution in [0.3, 0.4) is 0 Å². The topological polar surface area (TPSA) is 58.9 Å². The normalized spacial score (nSPS) is 16.7. The maximum absolute atomic E-state index is 4.32. The molecule has 0 spiro atoms. The number of pyridine rings is 1. The van der Waals surface area contributed by atoms with Crippen molar-refractivity contribution < 1.29 is 0 Å². The first-order chi connectivity index (χ1) is 9.34. The minimum atomic E-state index is 0.825. The van der Waals surface area contributed by atoms with Gasteiger partial charge in [0.25, 0.3) is 0 Å². The van der Waals surface area contributed by atoms with Crippen LogP contribution in [-0.4, -0.2) is 50.8 Å². The van der Waals surface area contributed by atoms with Gasteiger partial charge in [-0.25, -0.2) is 0 Å². The monoisotopic (exact) mass is 258 g/mol. The number of rotatable bonds is 3. The summed E-state index contributed by atoms with van der Waals surface area (Å²) in [7, 11) is 2.00. The summed E-state index contributed by atoms with van der Waals surface area (Å²) >= 11 is 0. The summed E-state index contributed by atoms with van der Waals surface area (Å²) in [4.78, 5) is 6.71. The number of aromatic nitrogens is 4. The molecule has 0 aromatic carbocycles. The smallest absolute Gasteiger partial charge is 0.182 e. The number of nitrogens with zero attached hydrogens (tertiary/aromatic N) is 5. The second-order valence-electron chi connectivity index (χ2n) is 4.74. The molecule has 0 atom stereocenters. The molecule has 1 fully saturated rings. The molecule has 0 unspecified atom stereocenters. The maximum atomic E-state index is 4.32. The highest BCUT2D eigenvalue weighted by Gasteiger charge is 2.16. The predicted octanol–water partition coefficient (Wildman–Crippen LogP) is 0.282. The van der Waals surface area contributed by atoms with E-state index in [1.807, 2.05) is 29.8 Å². The molecule has 0 saturated carbocycles. The minimum absolute atomic E-state index is 0.825. The van der Waals surface area contributed by atoms with Crippen molar-refractivity contribution >= 4 is 0 Å². The highest BCUT2D eigenvalue weighted by atomic mass is 15.3. The average Bonchev–Trinajstić information content (AvgIpc) is 2.82. The van der Waals surface area contributed by atoms with Crippen LogP contribution in [0.1, 0.15) is 5.82 Å². The Morgan fingerprint density at radius 2 is 2.05 bits per heavy atom. The van der Waals surface area contributed by atoms with Gasteiger partial charge in [0.05, 0.1) is 6.54 Å². The molecule has 1 aliphatic heterocycles. The zero-order valence-electron chi connectivity index (χ0n) is 11.1. The second kappa shape index (κ2) is 5.46. The molecule has 0 bridgehead atoms. The van der Waals surface area contributed by atoms with Gasteiger partial charge in [-0.05, 0) is 12.1 Å². The first-order valence-corrected chi connectivity index (χ1v) is 6.57. The molecule has 100 valence electrons. The fourth-order valence-corrected chi connectivity index (χ4v) is 2.29. The van der Waals surface area contributed by atoms with Gasteiger partial charge in [0.1, 0.15) is 11.5 Å². The maximum Gasteiger partial charge on any atom is 0.182 e. The fraction of sp³-hybridized carbons (Fsp3) is 0.462. The Morgan fingerprint density at radius 3 is 2.79 bits per heavy atom. The Hall–Kier alpha value is -1.79. The highest BCUT2D eigenvalue weighted by Crippen LogP contribution is 2.14. The van der Waals surface area contributed by atoms with Gasteiger partial charge in [0.15, 0.2) is 5.82 Å². The van der Waals surface area contributed by atoms with E-state index in [1.54, 1.807) is 6.20 Å². The van der Waals surface area contributed by atoms with Crippen LogP contribution >= 0.6 is 0 Å². The predicted molar refractivity (Wildman–Crippen MR) is 72.4 cm³/mol. The summed E-state index contributed by atoms with van der Waals surface area (Å²) in [6.45, 7) is 5.06. The third kappa shape index (κ3) is 2.64. The van der Waals surface area contributed by atoms with Gasteiger partial charge in [-0.2, -0.15) is 0 Å². The number of hydrogen-bond donors (Lipinski definition) is 1. The van der Waals surface area contributed by atoms with E-state index >= 15 is 0 Å². The molecule has 19 heavy (non-hydrogen) atoms. The standard InChI is InChI=1S/C13H18N6/c1-18-12(10-19-8-6-14-7-9-19)16-17-13(18)11-4-2-3-5-15-11/h2-5,14H,6-10H2,1H3. The first kappa shape index (κ1) is 12.3. The molecule has 0 amide bonds. The van der Waals surface area contributed by atoms with Gasteiger partial charge < -0.3 is 9.88 Å². The van der Waals surface area contributed by atoms with Crippen LogP contribution in [0.15, 0.2) is 24.4 Å². The van der Waals surface area contributed by atoms with Crippen LogP contribution in [-0.2, 0) is 13.6 Å². The van der Waals surface area contributed by atoms with Crippen LogP contribution < -0.4 is 5.32 Å². The molecule has 1 saturated heterocycles. The molecular formula is C13H18N6. The van der Waals surface area contributed by atoms with E-state index in [4.69, 9.17) is 0 Å². The van der Waals surface area contributed by atoms with E-state index in [9.17, 15) is 0 Å². The summed E-state index contributed by atoms with van der Waals surface area (Å²) in [5.41, 5.74) is 0.865.